The Morgan fingerprint density at radius 3 is 2.86 bits per heavy atom. The van der Waals surface area contributed by atoms with Gasteiger partial charge in [-0.15, -0.1) is 0 Å². The Morgan fingerprint density at radius 1 is 1.33 bits per heavy atom. The molecule has 2 aromatic heterocycles. The Balaban J connectivity index is 1.87. The van der Waals surface area contributed by atoms with E-state index in [-0.39, 0.29) is 10.9 Å². The van der Waals surface area contributed by atoms with E-state index in [2.05, 4.69) is 15.1 Å². The van der Waals surface area contributed by atoms with Gasteiger partial charge in [0.1, 0.15) is 0 Å². The maximum atomic E-state index is 12.3. The van der Waals surface area contributed by atoms with Crippen LogP contribution in [-0.2, 0) is 23.3 Å². The highest BCUT2D eigenvalue weighted by atomic mass is 32.2. The molecule has 0 radical (unpaired) electrons. The van der Waals surface area contributed by atoms with E-state index in [4.69, 9.17) is 5.73 Å². The molecule has 110 valence electrons. The molecule has 21 heavy (non-hydrogen) atoms. The van der Waals surface area contributed by atoms with Gasteiger partial charge in [-0.05, 0) is 24.3 Å². The summed E-state index contributed by atoms with van der Waals surface area (Å²) < 4.78 is 26.3. The lowest BCUT2D eigenvalue weighted by Gasteiger charge is -2.02. The highest BCUT2D eigenvalue weighted by Gasteiger charge is 2.19. The average molecular weight is 305 g/mol. The summed E-state index contributed by atoms with van der Waals surface area (Å²) in [6, 6.07) is 6.85. The summed E-state index contributed by atoms with van der Waals surface area (Å²) in [6.07, 6.45) is 2.03. The number of sulfone groups is 1. The fraction of sp³-hybridized carbons (Fsp3) is 0.231. The number of aromatic amines is 1. The molecular formula is C13H15N5O2S. The number of hydrogen-bond donors (Lipinski definition) is 2. The largest absolute Gasteiger partial charge is 0.399 e. The second kappa shape index (κ2) is 4.88. The van der Waals surface area contributed by atoms with Gasteiger partial charge >= 0.3 is 0 Å². The SMILES string of the molecule is Cn1nccc1CCS(=O)(=O)c1nc2ccc(N)cc2[nH]1. The van der Waals surface area contributed by atoms with Crippen molar-refractivity contribution in [1.29, 1.82) is 0 Å². The van der Waals surface area contributed by atoms with E-state index in [0.717, 1.165) is 5.69 Å². The Morgan fingerprint density at radius 2 is 2.14 bits per heavy atom. The minimum atomic E-state index is -3.48. The summed E-state index contributed by atoms with van der Waals surface area (Å²) in [6.45, 7) is 0. The number of nitrogens with zero attached hydrogens (tertiary/aromatic N) is 3. The zero-order valence-corrected chi connectivity index (χ0v) is 12.3. The maximum Gasteiger partial charge on any atom is 0.226 e. The minimum absolute atomic E-state index is 0.0229. The van der Waals surface area contributed by atoms with Crippen LogP contribution in [0.2, 0.25) is 0 Å². The Labute approximate surface area is 121 Å². The van der Waals surface area contributed by atoms with Crippen molar-refractivity contribution in [3.63, 3.8) is 0 Å². The number of imidazole rings is 1. The van der Waals surface area contributed by atoms with Gasteiger partial charge in [-0.25, -0.2) is 13.4 Å². The summed E-state index contributed by atoms with van der Waals surface area (Å²) in [5, 5.41) is 4.00. The number of hydrogen-bond acceptors (Lipinski definition) is 5. The van der Waals surface area contributed by atoms with Crippen LogP contribution >= 0.6 is 0 Å². The second-order valence-corrected chi connectivity index (χ2v) is 6.86. The van der Waals surface area contributed by atoms with Gasteiger partial charge in [0.15, 0.2) is 0 Å². The van der Waals surface area contributed by atoms with E-state index in [0.29, 0.717) is 23.1 Å². The third kappa shape index (κ3) is 2.62. The van der Waals surface area contributed by atoms with Gasteiger partial charge in [0.05, 0.1) is 16.8 Å². The number of anilines is 1. The van der Waals surface area contributed by atoms with Crippen LogP contribution in [0.1, 0.15) is 5.69 Å². The van der Waals surface area contributed by atoms with Gasteiger partial charge in [0.25, 0.3) is 0 Å². The van der Waals surface area contributed by atoms with Crippen LogP contribution in [-0.4, -0.2) is 33.9 Å². The van der Waals surface area contributed by atoms with Crippen molar-refractivity contribution in [2.75, 3.05) is 11.5 Å². The molecule has 7 nitrogen and oxygen atoms in total. The number of benzene rings is 1. The number of fused-ring (bicyclic) bond motifs is 1. The first-order valence-corrected chi connectivity index (χ1v) is 8.06. The van der Waals surface area contributed by atoms with Crippen LogP contribution < -0.4 is 5.73 Å². The van der Waals surface area contributed by atoms with Gasteiger partial charge in [0.2, 0.25) is 15.0 Å². The van der Waals surface area contributed by atoms with Crippen LogP contribution in [0.3, 0.4) is 0 Å². The number of H-pyrrole nitrogens is 1. The van der Waals surface area contributed by atoms with Crippen molar-refractivity contribution in [3.05, 3.63) is 36.2 Å². The summed E-state index contributed by atoms with van der Waals surface area (Å²) in [4.78, 5) is 6.95. The highest BCUT2D eigenvalue weighted by molar-refractivity contribution is 7.91. The molecule has 0 bridgehead atoms. The average Bonchev–Trinajstić information content (AvgIpc) is 3.02. The standard InChI is InChI=1S/C13H15N5O2S/c1-18-10(4-6-15-18)5-7-21(19,20)13-16-11-3-2-9(14)8-12(11)17-13/h2-4,6,8H,5,7,14H2,1H3,(H,16,17). The topological polar surface area (TPSA) is 107 Å². The van der Waals surface area contributed by atoms with E-state index in [1.165, 1.54) is 0 Å². The molecule has 3 rings (SSSR count). The number of nitrogens with one attached hydrogen (secondary N) is 1. The summed E-state index contributed by atoms with van der Waals surface area (Å²) >= 11 is 0. The van der Waals surface area contributed by atoms with Gasteiger partial charge in [-0.2, -0.15) is 5.10 Å². The van der Waals surface area contributed by atoms with Crippen molar-refractivity contribution in [2.24, 2.45) is 7.05 Å². The third-order valence-electron chi connectivity index (χ3n) is 3.33. The van der Waals surface area contributed by atoms with Crippen LogP contribution in [0, 0.1) is 0 Å². The Hall–Kier alpha value is -2.35. The number of aromatic nitrogens is 4. The number of aryl methyl sites for hydroxylation is 2. The van der Waals surface area contributed by atoms with Gasteiger partial charge < -0.3 is 10.7 Å². The zero-order valence-electron chi connectivity index (χ0n) is 11.4. The highest BCUT2D eigenvalue weighted by Crippen LogP contribution is 2.18. The molecule has 1 aromatic carbocycles. The molecule has 8 heteroatoms. The van der Waals surface area contributed by atoms with Gasteiger partial charge in [0, 0.05) is 31.0 Å². The Bertz CT molecular complexity index is 894. The first kappa shape index (κ1) is 13.6. The Kier molecular flexibility index (Phi) is 3.17. The number of nitrogen functional groups attached to an aromatic ring is 1. The van der Waals surface area contributed by atoms with E-state index in [9.17, 15) is 8.42 Å². The van der Waals surface area contributed by atoms with Gasteiger partial charge in [-0.1, -0.05) is 0 Å². The van der Waals surface area contributed by atoms with Crippen molar-refractivity contribution >= 4 is 26.6 Å². The molecule has 2 heterocycles. The van der Waals surface area contributed by atoms with E-state index in [1.807, 2.05) is 0 Å². The third-order valence-corrected chi connectivity index (χ3v) is 4.85. The van der Waals surface area contributed by atoms with Crippen LogP contribution in [0.5, 0.6) is 0 Å². The molecular weight excluding hydrogens is 290 g/mol. The van der Waals surface area contributed by atoms with Crippen molar-refractivity contribution in [1.82, 2.24) is 19.7 Å². The van der Waals surface area contributed by atoms with Crippen molar-refractivity contribution in [2.45, 2.75) is 11.6 Å². The number of rotatable bonds is 4. The van der Waals surface area contributed by atoms with E-state index >= 15 is 0 Å². The zero-order chi connectivity index (χ0) is 15.0. The van der Waals surface area contributed by atoms with Gasteiger partial charge in [-0.3, -0.25) is 4.68 Å². The lowest BCUT2D eigenvalue weighted by Crippen LogP contribution is -2.12. The molecule has 0 saturated carbocycles. The molecule has 3 N–H and O–H groups in total. The van der Waals surface area contributed by atoms with Crippen molar-refractivity contribution < 1.29 is 8.42 Å². The van der Waals surface area contributed by atoms with Crippen LogP contribution in [0.15, 0.2) is 35.6 Å². The maximum absolute atomic E-state index is 12.3. The summed E-state index contributed by atoms with van der Waals surface area (Å²) in [5.74, 6) is -0.0260. The predicted molar refractivity (Wildman–Crippen MR) is 79.5 cm³/mol. The lowest BCUT2D eigenvalue weighted by atomic mass is 10.3. The molecule has 0 unspecified atom stereocenters. The van der Waals surface area contributed by atoms with Crippen LogP contribution in [0.25, 0.3) is 11.0 Å². The predicted octanol–water partition coefficient (Wildman–Crippen LogP) is 0.895. The molecule has 0 fully saturated rings. The second-order valence-electron chi connectivity index (χ2n) is 4.83. The van der Waals surface area contributed by atoms with E-state index < -0.39 is 9.84 Å². The molecule has 0 aliphatic heterocycles. The van der Waals surface area contributed by atoms with Crippen molar-refractivity contribution in [3.8, 4) is 0 Å². The van der Waals surface area contributed by atoms with Crippen LogP contribution in [0.4, 0.5) is 5.69 Å². The molecule has 0 saturated heterocycles. The quantitative estimate of drug-likeness (QED) is 0.696. The molecule has 0 amide bonds. The van der Waals surface area contributed by atoms with E-state index in [1.54, 1.807) is 42.2 Å². The number of nitrogens with two attached hydrogens (primary N) is 1. The first-order valence-electron chi connectivity index (χ1n) is 6.40. The first-order chi connectivity index (χ1) is 9.95. The molecule has 0 aliphatic rings. The minimum Gasteiger partial charge on any atom is -0.399 e. The molecule has 3 aromatic rings. The molecule has 0 spiro atoms. The molecule has 0 aliphatic carbocycles. The lowest BCUT2D eigenvalue weighted by molar-refractivity contribution is 0.587. The fourth-order valence-corrected chi connectivity index (χ4v) is 3.31. The normalized spacial score (nSPS) is 12.0. The smallest absolute Gasteiger partial charge is 0.226 e. The fourth-order valence-electron chi connectivity index (χ4n) is 2.13. The summed E-state index contributed by atoms with van der Waals surface area (Å²) in [7, 11) is -1.69. The monoisotopic (exact) mass is 305 g/mol. The molecule has 0 atom stereocenters. The summed E-state index contributed by atoms with van der Waals surface area (Å²) in [5.41, 5.74) is 8.30.